The quantitative estimate of drug-likeness (QED) is 0.634. The van der Waals surface area contributed by atoms with E-state index in [4.69, 9.17) is 4.74 Å². The molecule has 2 aromatic rings. The summed E-state index contributed by atoms with van der Waals surface area (Å²) < 4.78 is 19.8. The van der Waals surface area contributed by atoms with E-state index in [2.05, 4.69) is 22.5 Å². The first-order valence-corrected chi connectivity index (χ1v) is 8.89. The van der Waals surface area contributed by atoms with Crippen molar-refractivity contribution in [3.63, 3.8) is 0 Å². The number of benzene rings is 1. The van der Waals surface area contributed by atoms with Gasteiger partial charge in [-0.25, -0.2) is 4.98 Å². The molecule has 4 nitrogen and oxygen atoms in total. The Morgan fingerprint density at radius 3 is 2.69 bits per heavy atom. The lowest BCUT2D eigenvalue weighted by molar-refractivity contribution is -0.0309. The van der Waals surface area contributed by atoms with Crippen LogP contribution in [0.15, 0.2) is 54.7 Å². The van der Waals surface area contributed by atoms with Gasteiger partial charge in [0.05, 0.1) is 5.60 Å². The molecule has 0 aliphatic carbocycles. The molecular formula is C21H25FN2O2. The summed E-state index contributed by atoms with van der Waals surface area (Å²) in [5.41, 5.74) is 1.23. The first-order valence-electron chi connectivity index (χ1n) is 8.89. The molecular weight excluding hydrogens is 331 g/mol. The molecule has 5 heteroatoms. The summed E-state index contributed by atoms with van der Waals surface area (Å²) in [6.07, 6.45) is 2.36. The van der Waals surface area contributed by atoms with Crippen LogP contribution in [0.1, 0.15) is 30.9 Å². The van der Waals surface area contributed by atoms with Crippen molar-refractivity contribution < 1.29 is 14.2 Å². The topological polar surface area (TPSA) is 45.6 Å². The predicted molar refractivity (Wildman–Crippen MR) is 99.4 cm³/mol. The second-order valence-corrected chi connectivity index (χ2v) is 7.00. The van der Waals surface area contributed by atoms with E-state index in [1.807, 2.05) is 25.1 Å². The summed E-state index contributed by atoms with van der Waals surface area (Å²) in [6.45, 7) is 8.40. The highest BCUT2D eigenvalue weighted by atomic mass is 19.1. The van der Waals surface area contributed by atoms with E-state index < -0.39 is 11.5 Å². The third-order valence-electron chi connectivity index (χ3n) is 4.78. The first-order chi connectivity index (χ1) is 12.5. The molecule has 0 radical (unpaired) electrons. The van der Waals surface area contributed by atoms with Gasteiger partial charge in [0.15, 0.2) is 0 Å². The normalized spacial score (nSPS) is 17.0. The van der Waals surface area contributed by atoms with Crippen molar-refractivity contribution in [1.29, 1.82) is 0 Å². The van der Waals surface area contributed by atoms with Gasteiger partial charge < -0.3 is 9.84 Å². The molecule has 0 saturated carbocycles. The predicted octanol–water partition coefficient (Wildman–Crippen LogP) is 3.66. The number of aromatic nitrogens is 1. The summed E-state index contributed by atoms with van der Waals surface area (Å²) in [4.78, 5) is 5.92. The smallest absolute Gasteiger partial charge is 0.218 e. The zero-order valence-corrected chi connectivity index (χ0v) is 15.1. The van der Waals surface area contributed by atoms with E-state index in [0.717, 1.165) is 23.4 Å². The van der Waals surface area contributed by atoms with Crippen molar-refractivity contribution in [2.45, 2.75) is 31.9 Å². The van der Waals surface area contributed by atoms with Gasteiger partial charge in [0.2, 0.25) is 5.95 Å². The van der Waals surface area contributed by atoms with E-state index in [1.54, 1.807) is 12.1 Å². The summed E-state index contributed by atoms with van der Waals surface area (Å²) >= 11 is 0. The second kappa shape index (κ2) is 7.98. The van der Waals surface area contributed by atoms with Crippen molar-refractivity contribution in [3.8, 4) is 5.75 Å². The van der Waals surface area contributed by atoms with Crippen molar-refractivity contribution >= 4 is 0 Å². The van der Waals surface area contributed by atoms with Gasteiger partial charge >= 0.3 is 0 Å². The molecule has 1 saturated heterocycles. The largest absolute Gasteiger partial charge is 0.489 e. The van der Waals surface area contributed by atoms with Gasteiger partial charge in [-0.05, 0) is 37.5 Å². The molecule has 1 aromatic carbocycles. The lowest BCUT2D eigenvalue weighted by Gasteiger charge is -2.38. The maximum Gasteiger partial charge on any atom is 0.218 e. The highest BCUT2D eigenvalue weighted by Gasteiger charge is 2.36. The van der Waals surface area contributed by atoms with Crippen LogP contribution in [-0.2, 0) is 12.1 Å². The number of aliphatic hydroxyl groups is 1. The van der Waals surface area contributed by atoms with Crippen LogP contribution < -0.4 is 4.74 Å². The highest BCUT2D eigenvalue weighted by molar-refractivity contribution is 5.33. The fourth-order valence-corrected chi connectivity index (χ4v) is 3.30. The molecule has 3 rings (SSSR count). The number of para-hydroxylation sites is 1. The highest BCUT2D eigenvalue weighted by Crippen LogP contribution is 2.34. The lowest BCUT2D eigenvalue weighted by Crippen LogP contribution is -2.42. The molecule has 1 aliphatic rings. The zero-order chi connectivity index (χ0) is 18.6. The van der Waals surface area contributed by atoms with Crippen molar-refractivity contribution in [1.82, 2.24) is 9.88 Å². The maximum atomic E-state index is 14.0. The number of ether oxygens (including phenoxy) is 1. The van der Waals surface area contributed by atoms with E-state index in [0.29, 0.717) is 38.1 Å². The van der Waals surface area contributed by atoms with Crippen molar-refractivity contribution in [2.24, 2.45) is 0 Å². The molecule has 1 fully saturated rings. The Hall–Kier alpha value is -2.24. The molecule has 0 spiro atoms. The number of piperidine rings is 1. The molecule has 2 heterocycles. The number of likely N-dealkylation sites (tertiary alicyclic amines) is 1. The Labute approximate surface area is 153 Å². The summed E-state index contributed by atoms with van der Waals surface area (Å²) in [7, 11) is 0. The molecule has 0 unspecified atom stereocenters. The molecule has 138 valence electrons. The SMILES string of the molecule is C=C(C)COc1ccccc1CN1CCC(O)(c2cccnc2F)CC1. The Morgan fingerprint density at radius 2 is 2.00 bits per heavy atom. The van der Waals surface area contributed by atoms with Gasteiger partial charge in [-0.3, -0.25) is 4.90 Å². The number of pyridine rings is 1. The van der Waals surface area contributed by atoms with Crippen LogP contribution in [0.2, 0.25) is 0 Å². The Balaban J connectivity index is 1.64. The Kier molecular flexibility index (Phi) is 5.69. The van der Waals surface area contributed by atoms with Gasteiger partial charge in [-0.15, -0.1) is 0 Å². The average Bonchev–Trinajstić information content (AvgIpc) is 2.63. The fraction of sp³-hybridized carbons (Fsp3) is 0.381. The molecule has 26 heavy (non-hydrogen) atoms. The van der Waals surface area contributed by atoms with Gasteiger partial charge in [-0.1, -0.05) is 30.8 Å². The zero-order valence-electron chi connectivity index (χ0n) is 15.1. The minimum atomic E-state index is -1.15. The van der Waals surface area contributed by atoms with Gasteiger partial charge in [0.1, 0.15) is 12.4 Å². The van der Waals surface area contributed by atoms with Crippen molar-refractivity contribution in [3.05, 3.63) is 71.8 Å². The molecule has 1 aliphatic heterocycles. The minimum Gasteiger partial charge on any atom is -0.489 e. The van der Waals surface area contributed by atoms with Crippen LogP contribution in [0, 0.1) is 5.95 Å². The molecule has 0 amide bonds. The van der Waals surface area contributed by atoms with E-state index in [1.165, 1.54) is 6.20 Å². The van der Waals surface area contributed by atoms with Crippen LogP contribution in [-0.4, -0.2) is 34.7 Å². The van der Waals surface area contributed by atoms with Crippen LogP contribution in [0.25, 0.3) is 0 Å². The Morgan fingerprint density at radius 1 is 1.27 bits per heavy atom. The number of hydrogen-bond donors (Lipinski definition) is 1. The number of halogens is 1. The molecule has 1 aromatic heterocycles. The van der Waals surface area contributed by atoms with Crippen LogP contribution in [0.5, 0.6) is 5.75 Å². The fourth-order valence-electron chi connectivity index (χ4n) is 3.30. The van der Waals surface area contributed by atoms with Gasteiger partial charge in [0.25, 0.3) is 0 Å². The van der Waals surface area contributed by atoms with E-state index >= 15 is 0 Å². The van der Waals surface area contributed by atoms with Crippen LogP contribution in [0.4, 0.5) is 4.39 Å². The van der Waals surface area contributed by atoms with E-state index in [9.17, 15) is 9.50 Å². The number of hydrogen-bond acceptors (Lipinski definition) is 4. The number of nitrogens with zero attached hydrogens (tertiary/aromatic N) is 2. The average molecular weight is 356 g/mol. The maximum absolute atomic E-state index is 14.0. The molecule has 1 N–H and O–H groups in total. The summed E-state index contributed by atoms with van der Waals surface area (Å²) in [5, 5.41) is 10.9. The van der Waals surface area contributed by atoms with Gasteiger partial charge in [0, 0.05) is 37.0 Å². The lowest BCUT2D eigenvalue weighted by atomic mass is 9.85. The monoisotopic (exact) mass is 356 g/mol. The standard InChI is InChI=1S/C21H25FN2O2/c1-16(2)15-26-19-8-4-3-6-17(19)14-24-12-9-21(25,10-13-24)18-7-5-11-23-20(18)22/h3-8,11,25H,1,9-10,12-15H2,2H3. The van der Waals surface area contributed by atoms with Gasteiger partial charge in [-0.2, -0.15) is 4.39 Å². The molecule has 0 bridgehead atoms. The van der Waals surface area contributed by atoms with E-state index in [-0.39, 0.29) is 0 Å². The third-order valence-corrected chi connectivity index (χ3v) is 4.78. The molecule has 0 atom stereocenters. The van der Waals surface area contributed by atoms with Crippen LogP contribution in [0.3, 0.4) is 0 Å². The minimum absolute atomic E-state index is 0.296. The van der Waals surface area contributed by atoms with Crippen LogP contribution >= 0.6 is 0 Å². The first kappa shape index (κ1) is 18.5. The number of rotatable bonds is 6. The second-order valence-electron chi connectivity index (χ2n) is 7.00. The summed E-state index contributed by atoms with van der Waals surface area (Å²) in [5.74, 6) is 0.275. The third kappa shape index (κ3) is 4.29. The van der Waals surface area contributed by atoms with Crippen molar-refractivity contribution in [2.75, 3.05) is 19.7 Å². The summed E-state index contributed by atoms with van der Waals surface area (Å²) in [6, 6.07) is 11.3. The Bertz CT molecular complexity index is 770.